The lowest BCUT2D eigenvalue weighted by atomic mass is 9.78. The van der Waals surface area contributed by atoms with E-state index in [-0.39, 0.29) is 40.9 Å². The Bertz CT molecular complexity index is 1080. The van der Waals surface area contributed by atoms with Crippen molar-refractivity contribution in [1.82, 2.24) is 0 Å². The largest absolute Gasteiger partial charge is 0.508 e. The van der Waals surface area contributed by atoms with Gasteiger partial charge in [-0.1, -0.05) is 73.6 Å². The molecule has 0 amide bonds. The third-order valence-electron chi connectivity index (χ3n) is 10.3. The van der Waals surface area contributed by atoms with Gasteiger partial charge in [-0.2, -0.15) is 0 Å². The molecule has 1 saturated heterocycles. The van der Waals surface area contributed by atoms with Crippen molar-refractivity contribution in [2.45, 2.75) is 131 Å². The highest BCUT2D eigenvalue weighted by atomic mass is 28.4. The number of hydrogen-bond acceptors (Lipinski definition) is 4. The van der Waals surface area contributed by atoms with Crippen molar-refractivity contribution in [3.05, 3.63) is 47.1 Å². The Morgan fingerprint density at radius 3 is 2.29 bits per heavy atom. The van der Waals surface area contributed by atoms with Gasteiger partial charge in [0.1, 0.15) is 18.1 Å². The van der Waals surface area contributed by atoms with Crippen molar-refractivity contribution in [3.8, 4) is 11.5 Å². The van der Waals surface area contributed by atoms with Gasteiger partial charge in [-0.3, -0.25) is 0 Å². The van der Waals surface area contributed by atoms with Gasteiger partial charge in [0.15, 0.2) is 8.32 Å². The van der Waals surface area contributed by atoms with Crippen LogP contribution in [0.25, 0.3) is 0 Å². The van der Waals surface area contributed by atoms with E-state index < -0.39 is 8.32 Å². The molecule has 0 aromatic heterocycles. The van der Waals surface area contributed by atoms with E-state index in [9.17, 15) is 5.11 Å². The van der Waals surface area contributed by atoms with Crippen LogP contribution in [-0.2, 0) is 9.16 Å². The lowest BCUT2D eigenvalue weighted by Crippen LogP contribution is -2.53. The van der Waals surface area contributed by atoms with Gasteiger partial charge in [0.2, 0.25) is 0 Å². The van der Waals surface area contributed by atoms with E-state index in [0.717, 1.165) is 48.1 Å². The number of aromatic hydroxyl groups is 1. The van der Waals surface area contributed by atoms with Gasteiger partial charge in [-0.05, 0) is 98.7 Å². The number of benzene rings is 1. The van der Waals surface area contributed by atoms with E-state index in [4.69, 9.17) is 13.9 Å². The zero-order valence-electron chi connectivity index (χ0n) is 28.3. The summed E-state index contributed by atoms with van der Waals surface area (Å²) >= 11 is 0. The molecule has 2 aliphatic heterocycles. The van der Waals surface area contributed by atoms with Crippen molar-refractivity contribution in [1.29, 1.82) is 0 Å². The molecule has 0 radical (unpaired) electrons. The van der Waals surface area contributed by atoms with E-state index in [1.54, 1.807) is 0 Å². The number of ether oxygens (including phenoxy) is 2. The molecule has 3 rings (SSSR count). The average Bonchev–Trinajstić information content (AvgIpc) is 2.84. The van der Waals surface area contributed by atoms with Crippen molar-refractivity contribution in [2.75, 3.05) is 6.61 Å². The molecule has 41 heavy (non-hydrogen) atoms. The first-order chi connectivity index (χ1) is 18.9. The zero-order chi connectivity index (χ0) is 30.9. The van der Waals surface area contributed by atoms with Crippen LogP contribution in [0.15, 0.2) is 35.9 Å². The second-order valence-corrected chi connectivity index (χ2v) is 20.0. The summed E-state index contributed by atoms with van der Waals surface area (Å²) in [6, 6.07) is 3.85. The lowest BCUT2D eigenvalue weighted by molar-refractivity contribution is -0.164. The Morgan fingerprint density at radius 2 is 1.66 bits per heavy atom. The summed E-state index contributed by atoms with van der Waals surface area (Å²) in [4.78, 5) is 0. The molecule has 1 fully saturated rings. The van der Waals surface area contributed by atoms with Crippen molar-refractivity contribution >= 4 is 8.32 Å². The van der Waals surface area contributed by atoms with Crippen LogP contribution in [0.5, 0.6) is 11.5 Å². The first-order valence-electron chi connectivity index (χ1n) is 16.1. The fourth-order valence-electron chi connectivity index (χ4n) is 6.57. The minimum atomic E-state index is -2.04. The van der Waals surface area contributed by atoms with Crippen molar-refractivity contribution < 1.29 is 19.0 Å². The number of phenolic OH excluding ortho intramolecular Hbond substituents is 1. The summed E-state index contributed by atoms with van der Waals surface area (Å²) in [6.07, 6.45) is 6.53. The first-order valence-corrected chi connectivity index (χ1v) is 19.0. The maximum Gasteiger partial charge on any atom is 0.192 e. The molecule has 2 aliphatic rings. The molecule has 1 aromatic rings. The van der Waals surface area contributed by atoms with Gasteiger partial charge in [0, 0.05) is 17.4 Å². The lowest BCUT2D eigenvalue weighted by Gasteiger charge is -2.50. The Balaban J connectivity index is 2.06. The highest BCUT2D eigenvalue weighted by Crippen LogP contribution is 2.48. The number of fused-ring (bicyclic) bond motifs is 5. The first kappa shape index (κ1) is 33.9. The van der Waals surface area contributed by atoms with E-state index in [2.05, 4.69) is 88.1 Å². The highest BCUT2D eigenvalue weighted by Gasteiger charge is 2.48. The van der Waals surface area contributed by atoms with E-state index in [0.29, 0.717) is 24.4 Å². The maximum atomic E-state index is 11.3. The van der Waals surface area contributed by atoms with Gasteiger partial charge >= 0.3 is 0 Å². The summed E-state index contributed by atoms with van der Waals surface area (Å²) in [5.74, 6) is 2.85. The van der Waals surface area contributed by atoms with Crippen molar-refractivity contribution in [3.63, 3.8) is 0 Å². The van der Waals surface area contributed by atoms with Crippen LogP contribution in [0, 0.1) is 36.5 Å². The Labute approximate surface area is 253 Å². The summed E-state index contributed by atoms with van der Waals surface area (Å²) in [7, 11) is -2.04. The fraction of sp³-hybridized carbons (Fsp3) is 0.722. The SMILES string of the molecule is C=C1COc2cc(c(O)cc2C)[C@@H]2O[C@H](CC[C@H](C)/C=C(\C)C[C@@H](C)C[C@@H]1C)[C@H](C)[C@H](O[Si](C)(C)C(C)(C)C)[C@H]2C. The summed E-state index contributed by atoms with van der Waals surface area (Å²) < 4.78 is 20.5. The van der Waals surface area contributed by atoms with E-state index in [1.165, 1.54) is 5.57 Å². The number of aryl methyl sites for hydroxylation is 1. The monoisotopic (exact) mass is 584 g/mol. The van der Waals surface area contributed by atoms with Crippen LogP contribution in [-0.4, -0.2) is 32.2 Å². The molecule has 8 atom stereocenters. The Morgan fingerprint density at radius 1 is 1.00 bits per heavy atom. The van der Waals surface area contributed by atoms with Crippen LogP contribution in [0.1, 0.15) is 105 Å². The second-order valence-electron chi connectivity index (χ2n) is 15.3. The minimum Gasteiger partial charge on any atom is -0.508 e. The van der Waals surface area contributed by atoms with Gasteiger partial charge in [0.05, 0.1) is 18.3 Å². The Kier molecular flexibility index (Phi) is 11.1. The standard InChI is InChI=1S/C36H60O4Si/c1-22-14-15-32-28(7)34(40-41(12,13)36(9,10)11)29(8)35(39-32)30-20-33(26(5)19-31(30)37)38-21-27(6)25(4)18-24(3)17-23(2)16-22/h16,19-20,22,24-25,28-29,32,34-35,37H,6,14-15,17-18,21H2,1-5,7-13H3/b23-16+/t22-,24+,25-,28-,29+,32+,34-,35+/m0/s1. The van der Waals surface area contributed by atoms with E-state index in [1.807, 2.05) is 19.1 Å². The molecule has 1 N–H and O–H groups in total. The molecule has 2 heterocycles. The molecule has 5 heteroatoms. The Hall–Kier alpha value is -1.56. The van der Waals surface area contributed by atoms with Gasteiger partial charge in [-0.25, -0.2) is 0 Å². The molecule has 0 saturated carbocycles. The molecule has 0 spiro atoms. The van der Waals surface area contributed by atoms with Gasteiger partial charge < -0.3 is 19.0 Å². The molecular weight excluding hydrogens is 524 g/mol. The second kappa shape index (κ2) is 13.4. The molecule has 0 aliphatic carbocycles. The smallest absolute Gasteiger partial charge is 0.192 e. The number of rotatable bonds is 2. The average molecular weight is 585 g/mol. The van der Waals surface area contributed by atoms with Crippen LogP contribution in [0.3, 0.4) is 0 Å². The normalized spacial score (nSPS) is 34.1. The van der Waals surface area contributed by atoms with E-state index >= 15 is 0 Å². The van der Waals surface area contributed by atoms with Crippen LogP contribution in [0.2, 0.25) is 18.1 Å². The molecule has 0 unspecified atom stereocenters. The fourth-order valence-corrected chi connectivity index (χ4v) is 8.03. The van der Waals surface area contributed by atoms with Crippen LogP contribution < -0.4 is 4.74 Å². The predicted octanol–water partition coefficient (Wildman–Crippen LogP) is 10.2. The summed E-state index contributed by atoms with van der Waals surface area (Å²) in [5, 5.41) is 11.4. The molecular formula is C36H60O4Si. The number of hydrogen-bond donors (Lipinski definition) is 1. The summed E-state index contributed by atoms with van der Waals surface area (Å²) in [5.41, 5.74) is 4.31. The number of phenols is 1. The predicted molar refractivity (Wildman–Crippen MR) is 175 cm³/mol. The quantitative estimate of drug-likeness (QED) is 0.277. The highest BCUT2D eigenvalue weighted by molar-refractivity contribution is 6.74. The van der Waals surface area contributed by atoms with Gasteiger partial charge in [0.25, 0.3) is 0 Å². The maximum absolute atomic E-state index is 11.3. The summed E-state index contributed by atoms with van der Waals surface area (Å²) in [6.45, 7) is 32.2. The topological polar surface area (TPSA) is 47.9 Å². The van der Waals surface area contributed by atoms with Crippen LogP contribution >= 0.6 is 0 Å². The minimum absolute atomic E-state index is 0.0457. The third-order valence-corrected chi connectivity index (χ3v) is 14.8. The third kappa shape index (κ3) is 8.29. The molecule has 4 bridgehead atoms. The molecule has 4 nitrogen and oxygen atoms in total. The van der Waals surface area contributed by atoms with Crippen LogP contribution in [0.4, 0.5) is 0 Å². The van der Waals surface area contributed by atoms with Gasteiger partial charge in [-0.15, -0.1) is 0 Å². The molecule has 232 valence electrons. The zero-order valence-corrected chi connectivity index (χ0v) is 29.3. The number of allylic oxidation sites excluding steroid dienone is 2. The molecule has 1 aromatic carbocycles. The van der Waals surface area contributed by atoms with Crippen molar-refractivity contribution in [2.24, 2.45) is 29.6 Å².